The van der Waals surface area contributed by atoms with E-state index >= 15 is 0 Å². The Bertz CT molecular complexity index is 1060. The van der Waals surface area contributed by atoms with Crippen LogP contribution in [-0.2, 0) is 27.9 Å². The van der Waals surface area contributed by atoms with Crippen LogP contribution in [0.2, 0.25) is 0 Å². The van der Waals surface area contributed by atoms with Gasteiger partial charge in [-0.05, 0) is 77.0 Å². The van der Waals surface area contributed by atoms with Crippen molar-refractivity contribution in [1.29, 1.82) is 0 Å². The Morgan fingerprint density at radius 2 is 1.05 bits per heavy atom. The number of esters is 1. The van der Waals surface area contributed by atoms with Crippen molar-refractivity contribution in [3.8, 4) is 0 Å². The maximum absolute atomic E-state index is 12.7. The van der Waals surface area contributed by atoms with E-state index in [-0.39, 0.29) is 25.8 Å². The molecule has 0 amide bonds. The van der Waals surface area contributed by atoms with Crippen molar-refractivity contribution in [2.45, 2.75) is 174 Å². The van der Waals surface area contributed by atoms with Gasteiger partial charge in [-0.1, -0.05) is 145 Å². The van der Waals surface area contributed by atoms with Crippen LogP contribution < -0.4 is 4.89 Å². The van der Waals surface area contributed by atoms with Crippen molar-refractivity contribution in [1.82, 2.24) is 0 Å². The predicted molar refractivity (Wildman–Crippen MR) is 231 cm³/mol. The SMILES string of the molecule is CC/C=C\C/C=C\C/C=C\C/C=C\CCCCCOCC(COP(=O)([O-])OCC[N+](C)(C)C)OC(=O)CCCCCCCCC/C=C\CCCCCCCC. The van der Waals surface area contributed by atoms with Crippen LogP contribution in [0.15, 0.2) is 60.8 Å². The third kappa shape index (κ3) is 43.2. The number of phosphoric ester groups is 1. The fraction of sp³-hybridized carbons (Fsp3) is 0.761. The summed E-state index contributed by atoms with van der Waals surface area (Å²) in [4.78, 5) is 25.0. The fourth-order valence-electron chi connectivity index (χ4n) is 5.65. The molecule has 0 aromatic carbocycles. The lowest BCUT2D eigenvalue weighted by molar-refractivity contribution is -0.870. The molecule has 0 aliphatic heterocycles. The Labute approximate surface area is 339 Å². The smallest absolute Gasteiger partial charge is 0.306 e. The molecule has 0 fully saturated rings. The molecule has 2 unspecified atom stereocenters. The molecular weight excluding hydrogens is 709 g/mol. The van der Waals surface area contributed by atoms with E-state index in [0.29, 0.717) is 24.1 Å². The molecule has 320 valence electrons. The minimum absolute atomic E-state index is 0.0164. The zero-order chi connectivity index (χ0) is 40.6. The number of carbonyl (C=O) groups is 1. The van der Waals surface area contributed by atoms with E-state index in [2.05, 4.69) is 74.6 Å². The average Bonchev–Trinajstić information content (AvgIpc) is 3.13. The molecule has 0 saturated heterocycles. The van der Waals surface area contributed by atoms with Gasteiger partial charge in [0, 0.05) is 13.0 Å². The van der Waals surface area contributed by atoms with Crippen molar-refractivity contribution in [2.24, 2.45) is 0 Å². The zero-order valence-electron chi connectivity index (χ0n) is 36.1. The first-order valence-corrected chi connectivity index (χ1v) is 23.5. The molecule has 0 saturated carbocycles. The van der Waals surface area contributed by atoms with Crippen LogP contribution >= 0.6 is 7.82 Å². The second-order valence-corrected chi connectivity index (χ2v) is 17.1. The summed E-state index contributed by atoms with van der Waals surface area (Å²) in [6, 6.07) is 0. The van der Waals surface area contributed by atoms with Crippen LogP contribution in [0.5, 0.6) is 0 Å². The third-order valence-corrected chi connectivity index (χ3v) is 10.0. The lowest BCUT2D eigenvalue weighted by Crippen LogP contribution is -2.37. The number of phosphoric acid groups is 1. The number of hydrogen-bond donors (Lipinski definition) is 0. The van der Waals surface area contributed by atoms with Crippen molar-refractivity contribution < 1.29 is 37.3 Å². The largest absolute Gasteiger partial charge is 0.756 e. The topological polar surface area (TPSA) is 94.1 Å². The lowest BCUT2D eigenvalue weighted by Gasteiger charge is -2.28. The van der Waals surface area contributed by atoms with Crippen LogP contribution in [0.4, 0.5) is 0 Å². The summed E-state index contributed by atoms with van der Waals surface area (Å²) in [5.74, 6) is -0.352. The summed E-state index contributed by atoms with van der Waals surface area (Å²) < 4.78 is 34.5. The molecule has 0 rings (SSSR count). The summed E-state index contributed by atoms with van der Waals surface area (Å²) in [5, 5.41) is 0. The molecule has 0 heterocycles. The predicted octanol–water partition coefficient (Wildman–Crippen LogP) is 12.3. The normalized spacial score (nSPS) is 14.4. The number of allylic oxidation sites excluding steroid dienone is 10. The average molecular weight is 794 g/mol. The molecule has 9 heteroatoms. The van der Waals surface area contributed by atoms with E-state index < -0.39 is 13.9 Å². The molecule has 0 aromatic rings. The summed E-state index contributed by atoms with van der Waals surface area (Å²) in [7, 11) is 1.32. The quantitative estimate of drug-likeness (QED) is 0.0200. The molecule has 0 aliphatic rings. The van der Waals surface area contributed by atoms with Crippen LogP contribution in [0.1, 0.15) is 168 Å². The van der Waals surface area contributed by atoms with Gasteiger partial charge in [-0.25, -0.2) is 0 Å². The summed E-state index contributed by atoms with van der Waals surface area (Å²) in [5.41, 5.74) is 0. The first-order chi connectivity index (χ1) is 26.6. The standard InChI is InChI=1S/C46H84NO7P/c1-6-8-10-12-14-16-18-20-22-24-25-27-29-31-33-35-37-39-46(48)54-45(44-53-55(49,50)52-42-40-47(3,4)5)43-51-41-38-36-34-32-30-28-26-23-21-19-17-15-13-11-9-7-2/h9,11,15,17,20-23,28,30,45H,6-8,10,12-14,16,18-19,24-27,29,31-44H2,1-5H3/b11-9-,17-15-,22-20-,23-21-,30-28-. The van der Waals surface area contributed by atoms with Crippen molar-refractivity contribution in [2.75, 3.05) is 54.1 Å². The molecule has 0 spiro atoms. The van der Waals surface area contributed by atoms with E-state index in [1.807, 2.05) is 21.1 Å². The number of quaternary nitrogens is 1. The first-order valence-electron chi connectivity index (χ1n) is 22.0. The highest BCUT2D eigenvalue weighted by atomic mass is 31.2. The van der Waals surface area contributed by atoms with E-state index in [1.54, 1.807) is 0 Å². The maximum Gasteiger partial charge on any atom is 0.306 e. The zero-order valence-corrected chi connectivity index (χ0v) is 37.0. The van der Waals surface area contributed by atoms with Gasteiger partial charge in [0.1, 0.15) is 19.3 Å². The van der Waals surface area contributed by atoms with Crippen molar-refractivity contribution in [3.05, 3.63) is 60.8 Å². The Balaban J connectivity index is 4.31. The van der Waals surface area contributed by atoms with Gasteiger partial charge in [0.05, 0.1) is 34.4 Å². The van der Waals surface area contributed by atoms with Gasteiger partial charge in [0.2, 0.25) is 0 Å². The molecular formula is C46H84NO7P. The number of unbranched alkanes of at least 4 members (excludes halogenated alkanes) is 16. The van der Waals surface area contributed by atoms with Gasteiger partial charge >= 0.3 is 5.97 Å². The minimum Gasteiger partial charge on any atom is -0.756 e. The Kier molecular flexibility index (Phi) is 37.8. The van der Waals surface area contributed by atoms with Gasteiger partial charge < -0.3 is 27.9 Å². The number of nitrogens with zero attached hydrogens (tertiary/aromatic N) is 1. The summed E-state index contributed by atoms with van der Waals surface area (Å²) in [6.45, 7) is 5.20. The minimum atomic E-state index is -4.54. The molecule has 0 bridgehead atoms. The van der Waals surface area contributed by atoms with E-state index in [9.17, 15) is 14.3 Å². The van der Waals surface area contributed by atoms with Crippen LogP contribution in [0.3, 0.4) is 0 Å². The van der Waals surface area contributed by atoms with Gasteiger partial charge in [-0.15, -0.1) is 0 Å². The molecule has 8 nitrogen and oxygen atoms in total. The van der Waals surface area contributed by atoms with Crippen LogP contribution in [-0.4, -0.2) is 70.7 Å². The molecule has 0 aliphatic carbocycles. The number of ether oxygens (including phenoxy) is 2. The highest BCUT2D eigenvalue weighted by molar-refractivity contribution is 7.45. The Hall–Kier alpha value is -1.80. The Morgan fingerprint density at radius 1 is 0.582 bits per heavy atom. The highest BCUT2D eigenvalue weighted by Crippen LogP contribution is 2.38. The van der Waals surface area contributed by atoms with Gasteiger partial charge in [-0.3, -0.25) is 9.36 Å². The van der Waals surface area contributed by atoms with Crippen molar-refractivity contribution >= 4 is 13.8 Å². The van der Waals surface area contributed by atoms with Gasteiger partial charge in [0.25, 0.3) is 7.82 Å². The molecule has 55 heavy (non-hydrogen) atoms. The second-order valence-electron chi connectivity index (χ2n) is 15.7. The van der Waals surface area contributed by atoms with E-state index in [0.717, 1.165) is 70.6 Å². The summed E-state index contributed by atoms with van der Waals surface area (Å²) in [6.07, 6.45) is 48.0. The summed E-state index contributed by atoms with van der Waals surface area (Å²) >= 11 is 0. The second kappa shape index (κ2) is 39.0. The van der Waals surface area contributed by atoms with Crippen molar-refractivity contribution in [3.63, 3.8) is 0 Å². The van der Waals surface area contributed by atoms with Crippen LogP contribution in [0, 0.1) is 0 Å². The number of hydrogen-bond acceptors (Lipinski definition) is 7. The van der Waals surface area contributed by atoms with E-state index in [4.69, 9.17) is 18.5 Å². The lowest BCUT2D eigenvalue weighted by atomic mass is 10.1. The van der Waals surface area contributed by atoms with Gasteiger partial charge in [-0.2, -0.15) is 0 Å². The molecule has 0 radical (unpaired) electrons. The van der Waals surface area contributed by atoms with Gasteiger partial charge in [0.15, 0.2) is 0 Å². The van der Waals surface area contributed by atoms with Crippen LogP contribution in [0.25, 0.3) is 0 Å². The molecule has 2 atom stereocenters. The Morgan fingerprint density at radius 3 is 1.60 bits per heavy atom. The monoisotopic (exact) mass is 794 g/mol. The third-order valence-electron chi connectivity index (χ3n) is 9.05. The first kappa shape index (κ1) is 53.2. The number of likely N-dealkylation sites (N-methyl/N-ethyl adjacent to an activating group) is 1. The molecule has 0 aromatic heterocycles. The molecule has 0 N–H and O–H groups in total. The highest BCUT2D eigenvalue weighted by Gasteiger charge is 2.20. The fourth-order valence-corrected chi connectivity index (χ4v) is 6.38. The number of carbonyl (C=O) groups excluding carboxylic acids is 1. The maximum atomic E-state index is 12.7. The van der Waals surface area contributed by atoms with E-state index in [1.165, 1.54) is 77.0 Å². The number of rotatable bonds is 40.